The van der Waals surface area contributed by atoms with Gasteiger partial charge in [0.1, 0.15) is 12.4 Å². The van der Waals surface area contributed by atoms with E-state index in [0.29, 0.717) is 46.8 Å². The van der Waals surface area contributed by atoms with E-state index in [1.165, 1.54) is 0 Å². The van der Waals surface area contributed by atoms with Crippen molar-refractivity contribution in [1.29, 1.82) is 0 Å². The van der Waals surface area contributed by atoms with Crippen molar-refractivity contribution in [2.75, 3.05) is 32.2 Å². The Labute approximate surface area is 189 Å². The number of rotatable bonds is 9. The largest absolute Gasteiger partial charge is 0.490 e. The van der Waals surface area contributed by atoms with Gasteiger partial charge in [-0.3, -0.25) is 14.9 Å². The molecule has 0 bridgehead atoms. The average Bonchev–Trinajstić information content (AvgIpc) is 2.73. The Kier molecular flexibility index (Phi) is 9.46. The van der Waals surface area contributed by atoms with Crippen molar-refractivity contribution in [3.8, 4) is 5.75 Å². The van der Waals surface area contributed by atoms with Gasteiger partial charge in [0.05, 0.1) is 22.3 Å². The zero-order valence-electron chi connectivity index (χ0n) is 16.4. The number of thiocarbonyl (C=S) groups is 1. The molecule has 0 atom stereocenters. The molecule has 0 aliphatic rings. The monoisotopic (exact) mass is 491 g/mol. The third kappa shape index (κ3) is 6.94. The molecule has 0 aliphatic carbocycles. The van der Waals surface area contributed by atoms with Crippen LogP contribution in [0, 0.1) is 0 Å². The van der Waals surface area contributed by atoms with Gasteiger partial charge in [-0.1, -0.05) is 18.2 Å². The van der Waals surface area contributed by atoms with Crippen LogP contribution >= 0.6 is 28.1 Å². The average molecular weight is 492 g/mol. The van der Waals surface area contributed by atoms with Gasteiger partial charge < -0.3 is 20.1 Å². The molecule has 9 heteroatoms. The number of carbonyl (C=O) groups is 2. The molecule has 2 aromatic rings. The van der Waals surface area contributed by atoms with Gasteiger partial charge in [-0.05, 0) is 58.5 Å². The molecule has 0 fully saturated rings. The topological polar surface area (TPSA) is 88.7 Å². The number of hydrogen-bond acceptors (Lipinski definition) is 5. The fourth-order valence-electron chi connectivity index (χ4n) is 2.37. The number of methoxy groups -OCH3 is 1. The van der Waals surface area contributed by atoms with Crippen LogP contribution in [0.4, 0.5) is 5.69 Å². The summed E-state index contributed by atoms with van der Waals surface area (Å²) in [7, 11) is 1.59. The van der Waals surface area contributed by atoms with E-state index >= 15 is 0 Å². The van der Waals surface area contributed by atoms with E-state index in [2.05, 4.69) is 38.5 Å². The maximum Gasteiger partial charge on any atom is 0.257 e. The van der Waals surface area contributed by atoms with Crippen molar-refractivity contribution in [3.63, 3.8) is 0 Å². The minimum atomic E-state index is -0.398. The third-order valence-electron chi connectivity index (χ3n) is 3.79. The number of nitrogens with one attached hydrogen (secondary N) is 3. The lowest BCUT2D eigenvalue weighted by molar-refractivity contribution is 0.0956. The summed E-state index contributed by atoms with van der Waals surface area (Å²) in [5, 5.41) is 8.27. The normalized spacial score (nSPS) is 10.1. The molecule has 158 valence electrons. The van der Waals surface area contributed by atoms with Gasteiger partial charge in [-0.25, -0.2) is 0 Å². The lowest BCUT2D eigenvalue weighted by atomic mass is 10.1. The molecule has 2 amide bonds. The van der Waals surface area contributed by atoms with E-state index in [1.807, 2.05) is 0 Å². The van der Waals surface area contributed by atoms with E-state index in [4.69, 9.17) is 21.7 Å². The zero-order valence-corrected chi connectivity index (χ0v) is 18.8. The Hall–Kier alpha value is -2.75. The predicted molar refractivity (Wildman–Crippen MR) is 124 cm³/mol. The highest BCUT2D eigenvalue weighted by molar-refractivity contribution is 9.10. The van der Waals surface area contributed by atoms with Crippen LogP contribution in [-0.2, 0) is 4.74 Å². The molecule has 0 unspecified atom stereocenters. The third-order valence-corrected chi connectivity index (χ3v) is 4.62. The van der Waals surface area contributed by atoms with Gasteiger partial charge in [0.2, 0.25) is 0 Å². The highest BCUT2D eigenvalue weighted by Gasteiger charge is 2.14. The van der Waals surface area contributed by atoms with E-state index in [1.54, 1.807) is 55.7 Å². The van der Waals surface area contributed by atoms with Crippen LogP contribution < -0.4 is 20.7 Å². The molecule has 0 spiro atoms. The lowest BCUT2D eigenvalue weighted by Gasteiger charge is -2.14. The Bertz CT molecular complexity index is 936. The van der Waals surface area contributed by atoms with Crippen LogP contribution in [0.3, 0.4) is 0 Å². The molecule has 0 aliphatic heterocycles. The van der Waals surface area contributed by atoms with Gasteiger partial charge in [0.25, 0.3) is 11.8 Å². The first-order valence-electron chi connectivity index (χ1n) is 8.98. The van der Waals surface area contributed by atoms with Gasteiger partial charge in [-0.15, -0.1) is 6.58 Å². The van der Waals surface area contributed by atoms with Crippen molar-refractivity contribution in [1.82, 2.24) is 10.6 Å². The van der Waals surface area contributed by atoms with Gasteiger partial charge in [-0.2, -0.15) is 0 Å². The molecular formula is C21H22BrN3O4S. The van der Waals surface area contributed by atoms with Crippen molar-refractivity contribution < 1.29 is 19.1 Å². The van der Waals surface area contributed by atoms with Gasteiger partial charge in [0.15, 0.2) is 5.11 Å². The number of hydrogen-bond donors (Lipinski definition) is 3. The zero-order chi connectivity index (χ0) is 21.9. The summed E-state index contributed by atoms with van der Waals surface area (Å²) in [5.41, 5.74) is 1.27. The quantitative estimate of drug-likeness (QED) is 0.282. The highest BCUT2D eigenvalue weighted by atomic mass is 79.9. The molecule has 30 heavy (non-hydrogen) atoms. The molecule has 0 heterocycles. The summed E-state index contributed by atoms with van der Waals surface area (Å²) in [4.78, 5) is 24.8. The minimum absolute atomic E-state index is 0.0699. The first-order valence-corrected chi connectivity index (χ1v) is 10.2. The van der Waals surface area contributed by atoms with Crippen LogP contribution in [0.15, 0.2) is 59.6 Å². The van der Waals surface area contributed by atoms with Crippen LogP contribution in [0.1, 0.15) is 20.7 Å². The second-order valence-electron chi connectivity index (χ2n) is 5.94. The number of halogens is 1. The van der Waals surface area contributed by atoms with Crippen molar-refractivity contribution in [2.24, 2.45) is 0 Å². The summed E-state index contributed by atoms with van der Waals surface area (Å²) in [6.45, 7) is 4.77. The molecule has 3 N–H and O–H groups in total. The van der Waals surface area contributed by atoms with Gasteiger partial charge >= 0.3 is 0 Å². The number of benzene rings is 2. The van der Waals surface area contributed by atoms with Crippen LogP contribution in [-0.4, -0.2) is 43.8 Å². The predicted octanol–water partition coefficient (Wildman–Crippen LogP) is 3.52. The number of anilines is 1. The van der Waals surface area contributed by atoms with Crippen LogP contribution in [0.5, 0.6) is 5.75 Å². The fourth-order valence-corrected chi connectivity index (χ4v) is 3.07. The number of amides is 2. The van der Waals surface area contributed by atoms with Crippen molar-refractivity contribution >= 4 is 50.8 Å². The summed E-state index contributed by atoms with van der Waals surface area (Å²) in [6.07, 6.45) is 1.59. The Balaban J connectivity index is 2.02. The molecule has 2 aromatic carbocycles. The van der Waals surface area contributed by atoms with Crippen LogP contribution in [0.25, 0.3) is 0 Å². The summed E-state index contributed by atoms with van der Waals surface area (Å²) in [6, 6.07) is 11.8. The highest BCUT2D eigenvalue weighted by Crippen LogP contribution is 2.26. The molecule has 0 saturated carbocycles. The van der Waals surface area contributed by atoms with E-state index in [0.717, 1.165) is 0 Å². The van der Waals surface area contributed by atoms with E-state index in [9.17, 15) is 9.59 Å². The second-order valence-corrected chi connectivity index (χ2v) is 7.20. The number of para-hydroxylation sites is 1. The molecular weight excluding hydrogens is 470 g/mol. The van der Waals surface area contributed by atoms with Crippen LogP contribution in [0.2, 0.25) is 0 Å². The first kappa shape index (κ1) is 23.5. The number of carbonyl (C=O) groups excluding carboxylic acids is 2. The Morgan fingerprint density at radius 1 is 1.17 bits per heavy atom. The Morgan fingerprint density at radius 2 is 1.93 bits per heavy atom. The Morgan fingerprint density at radius 3 is 2.63 bits per heavy atom. The summed E-state index contributed by atoms with van der Waals surface area (Å²) < 4.78 is 11.1. The lowest BCUT2D eigenvalue weighted by Crippen LogP contribution is -2.35. The SMILES string of the molecule is C=CCNC(=O)c1ccccc1NC(=S)NC(=O)c1ccc(OCCOC)c(Br)c1. The maximum atomic E-state index is 12.5. The van der Waals surface area contributed by atoms with Gasteiger partial charge in [0, 0.05) is 19.2 Å². The number of ether oxygens (including phenoxy) is 2. The molecule has 0 saturated heterocycles. The van der Waals surface area contributed by atoms with E-state index < -0.39 is 5.91 Å². The van der Waals surface area contributed by atoms with Crippen molar-refractivity contribution in [2.45, 2.75) is 0 Å². The summed E-state index contributed by atoms with van der Waals surface area (Å²) >= 11 is 8.62. The smallest absolute Gasteiger partial charge is 0.257 e. The summed E-state index contributed by atoms with van der Waals surface area (Å²) in [5.74, 6) is -0.0749. The molecule has 0 radical (unpaired) electrons. The minimum Gasteiger partial charge on any atom is -0.490 e. The molecule has 7 nitrogen and oxygen atoms in total. The maximum absolute atomic E-state index is 12.5. The fraction of sp³-hybridized carbons (Fsp3) is 0.190. The van der Waals surface area contributed by atoms with E-state index in [-0.39, 0.29) is 11.0 Å². The molecule has 2 rings (SSSR count). The molecule has 0 aromatic heterocycles. The first-order chi connectivity index (χ1) is 14.5. The standard InChI is InChI=1S/C21H22BrN3O4S/c1-3-10-23-20(27)15-6-4-5-7-17(15)24-21(30)25-19(26)14-8-9-18(16(22)13-14)29-12-11-28-2/h3-9,13H,1,10-12H2,2H3,(H,23,27)(H2,24,25,26,30). The van der Waals surface area contributed by atoms with Crippen molar-refractivity contribution in [3.05, 3.63) is 70.7 Å². The second kappa shape index (κ2) is 12.1.